The number of carbonyl (C=O) groups is 1. The molecule has 1 atom stereocenters. The van der Waals surface area contributed by atoms with Crippen molar-refractivity contribution >= 4 is 18.3 Å². The first-order valence-corrected chi connectivity index (χ1v) is 6.38. The van der Waals surface area contributed by atoms with Crippen molar-refractivity contribution in [3.05, 3.63) is 23.8 Å². The minimum absolute atomic E-state index is 0. The van der Waals surface area contributed by atoms with Gasteiger partial charge in [0.2, 0.25) is 5.91 Å². The van der Waals surface area contributed by atoms with Crippen molar-refractivity contribution in [3.63, 3.8) is 0 Å². The first kappa shape index (κ1) is 15.9. The van der Waals surface area contributed by atoms with Crippen LogP contribution < -0.4 is 10.6 Å². The summed E-state index contributed by atoms with van der Waals surface area (Å²) in [6.07, 6.45) is 3.71. The van der Waals surface area contributed by atoms with Gasteiger partial charge in [-0.3, -0.25) is 4.79 Å². The van der Waals surface area contributed by atoms with Crippen LogP contribution in [0.2, 0.25) is 0 Å². The molecule has 1 unspecified atom stereocenters. The van der Waals surface area contributed by atoms with Gasteiger partial charge in [-0.1, -0.05) is 0 Å². The molecule has 5 nitrogen and oxygen atoms in total. The van der Waals surface area contributed by atoms with Gasteiger partial charge in [-0.25, -0.2) is 9.97 Å². The summed E-state index contributed by atoms with van der Waals surface area (Å²) < 4.78 is 0. The number of piperidine rings is 1. The fraction of sp³-hybridized carbons (Fsp3) is 0.615. The Hall–Kier alpha value is -1.20. The number of hydrogen-bond donors (Lipinski definition) is 2. The third-order valence-electron chi connectivity index (χ3n) is 3.41. The van der Waals surface area contributed by atoms with Gasteiger partial charge in [0.1, 0.15) is 5.82 Å². The van der Waals surface area contributed by atoms with Gasteiger partial charge in [-0.05, 0) is 39.3 Å². The summed E-state index contributed by atoms with van der Waals surface area (Å²) in [5.74, 6) is 0.832. The summed E-state index contributed by atoms with van der Waals surface area (Å²) >= 11 is 0. The van der Waals surface area contributed by atoms with Crippen LogP contribution in [-0.4, -0.2) is 29.0 Å². The van der Waals surface area contributed by atoms with E-state index in [1.807, 2.05) is 19.9 Å². The molecule has 0 bridgehead atoms. The first-order chi connectivity index (χ1) is 8.60. The molecule has 2 heterocycles. The molecule has 1 amide bonds. The maximum atomic E-state index is 12.2. The Bertz CT molecular complexity index is 432. The summed E-state index contributed by atoms with van der Waals surface area (Å²) in [6, 6.07) is 1.83. The van der Waals surface area contributed by atoms with E-state index < -0.39 is 0 Å². The number of amides is 1. The zero-order valence-corrected chi connectivity index (χ0v) is 12.2. The van der Waals surface area contributed by atoms with Crippen LogP contribution in [0.3, 0.4) is 0 Å². The molecule has 1 aromatic heterocycles. The third kappa shape index (κ3) is 4.14. The number of nitrogens with zero attached hydrogens (tertiary/aromatic N) is 2. The quantitative estimate of drug-likeness (QED) is 0.876. The SMILES string of the molecule is Cc1nccc(CNC(=O)C2(C)CCCNC2)n1.Cl. The monoisotopic (exact) mass is 284 g/mol. The molecule has 19 heavy (non-hydrogen) atoms. The Balaban J connectivity index is 0.00000180. The van der Waals surface area contributed by atoms with Gasteiger partial charge in [0.15, 0.2) is 0 Å². The molecule has 2 rings (SSSR count). The standard InChI is InChI=1S/C13H20N4O.ClH/c1-10-15-7-4-11(17-10)8-16-12(18)13(2)5-3-6-14-9-13;/h4,7,14H,3,5-6,8-9H2,1-2H3,(H,16,18);1H. The zero-order valence-electron chi connectivity index (χ0n) is 11.4. The molecule has 1 aromatic rings. The second-order valence-electron chi connectivity index (χ2n) is 5.12. The lowest BCUT2D eigenvalue weighted by atomic mass is 9.82. The highest BCUT2D eigenvalue weighted by Crippen LogP contribution is 2.25. The van der Waals surface area contributed by atoms with E-state index in [2.05, 4.69) is 20.6 Å². The van der Waals surface area contributed by atoms with Gasteiger partial charge in [0.05, 0.1) is 17.7 Å². The number of carbonyl (C=O) groups excluding carboxylic acids is 1. The molecule has 106 valence electrons. The maximum absolute atomic E-state index is 12.2. The van der Waals surface area contributed by atoms with E-state index >= 15 is 0 Å². The highest BCUT2D eigenvalue weighted by Gasteiger charge is 2.34. The second-order valence-corrected chi connectivity index (χ2v) is 5.12. The van der Waals surface area contributed by atoms with E-state index in [9.17, 15) is 4.79 Å². The molecule has 0 radical (unpaired) electrons. The van der Waals surface area contributed by atoms with Gasteiger partial charge in [0.25, 0.3) is 0 Å². The van der Waals surface area contributed by atoms with E-state index in [1.54, 1.807) is 6.20 Å². The van der Waals surface area contributed by atoms with Crippen LogP contribution in [0, 0.1) is 12.3 Å². The fourth-order valence-corrected chi connectivity index (χ4v) is 2.24. The highest BCUT2D eigenvalue weighted by molar-refractivity contribution is 5.85. The van der Waals surface area contributed by atoms with Crippen molar-refractivity contribution in [1.29, 1.82) is 0 Å². The summed E-state index contributed by atoms with van der Waals surface area (Å²) in [7, 11) is 0. The third-order valence-corrected chi connectivity index (χ3v) is 3.41. The van der Waals surface area contributed by atoms with E-state index in [4.69, 9.17) is 0 Å². The molecule has 0 spiro atoms. The summed E-state index contributed by atoms with van der Waals surface area (Å²) in [5, 5.41) is 6.24. The van der Waals surface area contributed by atoms with E-state index in [1.165, 1.54) is 0 Å². The first-order valence-electron chi connectivity index (χ1n) is 6.38. The van der Waals surface area contributed by atoms with Crippen molar-refractivity contribution < 1.29 is 4.79 Å². The number of aromatic nitrogens is 2. The fourth-order valence-electron chi connectivity index (χ4n) is 2.24. The molecular weight excluding hydrogens is 264 g/mol. The Morgan fingerprint density at radius 1 is 1.58 bits per heavy atom. The lowest BCUT2D eigenvalue weighted by Gasteiger charge is -2.32. The Kier molecular flexibility index (Phi) is 5.69. The topological polar surface area (TPSA) is 66.9 Å². The van der Waals surface area contributed by atoms with Crippen molar-refractivity contribution in [2.75, 3.05) is 13.1 Å². The van der Waals surface area contributed by atoms with Gasteiger partial charge >= 0.3 is 0 Å². The minimum Gasteiger partial charge on any atom is -0.350 e. The molecule has 1 saturated heterocycles. The lowest BCUT2D eigenvalue weighted by molar-refractivity contribution is -0.131. The normalized spacial score (nSPS) is 22.4. The van der Waals surface area contributed by atoms with Gasteiger partial charge in [-0.15, -0.1) is 12.4 Å². The van der Waals surface area contributed by atoms with Crippen LogP contribution in [-0.2, 0) is 11.3 Å². The predicted octanol–water partition coefficient (Wildman–Crippen LogP) is 1.21. The number of nitrogens with one attached hydrogen (secondary N) is 2. The number of hydrogen-bond acceptors (Lipinski definition) is 4. The smallest absolute Gasteiger partial charge is 0.227 e. The maximum Gasteiger partial charge on any atom is 0.227 e. The van der Waals surface area contributed by atoms with Crippen LogP contribution in [0.1, 0.15) is 31.3 Å². The molecule has 1 aliphatic rings. The number of aryl methyl sites for hydroxylation is 1. The molecule has 0 aromatic carbocycles. The number of rotatable bonds is 3. The molecular formula is C13H21ClN4O. The molecule has 0 aliphatic carbocycles. The molecule has 1 fully saturated rings. The molecule has 6 heteroatoms. The molecule has 0 saturated carbocycles. The van der Waals surface area contributed by atoms with Gasteiger partial charge in [-0.2, -0.15) is 0 Å². The van der Waals surface area contributed by atoms with Crippen LogP contribution in [0.25, 0.3) is 0 Å². The van der Waals surface area contributed by atoms with E-state index in [0.29, 0.717) is 6.54 Å². The van der Waals surface area contributed by atoms with Crippen LogP contribution in [0.5, 0.6) is 0 Å². The van der Waals surface area contributed by atoms with Crippen LogP contribution in [0.15, 0.2) is 12.3 Å². The van der Waals surface area contributed by atoms with Crippen molar-refractivity contribution in [2.45, 2.75) is 33.2 Å². The minimum atomic E-state index is -0.291. The summed E-state index contributed by atoms with van der Waals surface area (Å²) in [6.45, 7) is 6.09. The Morgan fingerprint density at radius 3 is 3.00 bits per heavy atom. The predicted molar refractivity (Wildman–Crippen MR) is 76.1 cm³/mol. The Morgan fingerprint density at radius 2 is 2.37 bits per heavy atom. The van der Waals surface area contributed by atoms with Crippen molar-refractivity contribution in [2.24, 2.45) is 5.41 Å². The summed E-state index contributed by atoms with van der Waals surface area (Å²) in [4.78, 5) is 20.5. The van der Waals surface area contributed by atoms with Crippen LogP contribution in [0.4, 0.5) is 0 Å². The van der Waals surface area contributed by atoms with Crippen molar-refractivity contribution in [1.82, 2.24) is 20.6 Å². The van der Waals surface area contributed by atoms with E-state index in [0.717, 1.165) is 37.4 Å². The molecule has 1 aliphatic heterocycles. The highest BCUT2D eigenvalue weighted by atomic mass is 35.5. The Labute approximate surface area is 120 Å². The zero-order chi connectivity index (χ0) is 13.0. The van der Waals surface area contributed by atoms with Gasteiger partial charge < -0.3 is 10.6 Å². The summed E-state index contributed by atoms with van der Waals surface area (Å²) in [5.41, 5.74) is 0.559. The lowest BCUT2D eigenvalue weighted by Crippen LogP contribution is -2.48. The average molecular weight is 285 g/mol. The molecule has 2 N–H and O–H groups in total. The number of halogens is 1. The van der Waals surface area contributed by atoms with Gasteiger partial charge in [0, 0.05) is 12.7 Å². The van der Waals surface area contributed by atoms with Crippen molar-refractivity contribution in [3.8, 4) is 0 Å². The second kappa shape index (κ2) is 6.82. The average Bonchev–Trinajstić information content (AvgIpc) is 2.37. The largest absolute Gasteiger partial charge is 0.350 e. The van der Waals surface area contributed by atoms with Crippen LogP contribution >= 0.6 is 12.4 Å². The van der Waals surface area contributed by atoms with E-state index in [-0.39, 0.29) is 23.7 Å².